The van der Waals surface area contributed by atoms with Gasteiger partial charge in [-0.25, -0.2) is 0 Å². The van der Waals surface area contributed by atoms with Gasteiger partial charge in [-0.05, 0) is 25.2 Å². The fourth-order valence-corrected chi connectivity index (χ4v) is 2.28. The Balaban J connectivity index is 1.88. The Bertz CT molecular complexity index is 225. The quantitative estimate of drug-likeness (QED) is 0.679. The largest absolute Gasteiger partial charge is 0.342 e. The molecule has 0 spiro atoms. The SMILES string of the molecule is CC1CN(C(=O)C2CCC2)CCC1N. The zero-order valence-corrected chi connectivity index (χ0v) is 8.91. The number of amides is 1. The minimum absolute atomic E-state index is 0.292. The van der Waals surface area contributed by atoms with Crippen LogP contribution >= 0.6 is 0 Å². The highest BCUT2D eigenvalue weighted by Crippen LogP contribution is 2.29. The molecule has 1 aliphatic heterocycles. The maximum atomic E-state index is 11.9. The highest BCUT2D eigenvalue weighted by Gasteiger charge is 2.33. The van der Waals surface area contributed by atoms with Gasteiger partial charge >= 0.3 is 0 Å². The van der Waals surface area contributed by atoms with Gasteiger partial charge in [-0.2, -0.15) is 0 Å². The summed E-state index contributed by atoms with van der Waals surface area (Å²) in [4.78, 5) is 13.9. The number of rotatable bonds is 1. The van der Waals surface area contributed by atoms with Gasteiger partial charge in [-0.1, -0.05) is 13.3 Å². The average Bonchev–Trinajstić information content (AvgIpc) is 2.06. The van der Waals surface area contributed by atoms with Gasteiger partial charge in [-0.15, -0.1) is 0 Å². The number of nitrogens with zero attached hydrogens (tertiary/aromatic N) is 1. The Morgan fingerprint density at radius 2 is 2.07 bits per heavy atom. The third-order valence-corrected chi connectivity index (χ3v) is 3.74. The summed E-state index contributed by atoms with van der Waals surface area (Å²) in [6.07, 6.45) is 4.42. The van der Waals surface area contributed by atoms with E-state index in [1.165, 1.54) is 6.42 Å². The minimum Gasteiger partial charge on any atom is -0.342 e. The molecule has 14 heavy (non-hydrogen) atoms. The number of carbonyl (C=O) groups is 1. The molecule has 0 aromatic rings. The molecular weight excluding hydrogens is 176 g/mol. The fourth-order valence-electron chi connectivity index (χ4n) is 2.28. The van der Waals surface area contributed by atoms with Crippen molar-refractivity contribution in [1.82, 2.24) is 4.90 Å². The maximum Gasteiger partial charge on any atom is 0.225 e. The summed E-state index contributed by atoms with van der Waals surface area (Å²) in [6.45, 7) is 3.89. The van der Waals surface area contributed by atoms with E-state index in [2.05, 4.69) is 6.92 Å². The van der Waals surface area contributed by atoms with Crippen molar-refractivity contribution in [2.45, 2.75) is 38.6 Å². The predicted molar refractivity (Wildman–Crippen MR) is 55.7 cm³/mol. The van der Waals surface area contributed by atoms with Crippen LogP contribution in [0.2, 0.25) is 0 Å². The first kappa shape index (κ1) is 9.97. The number of nitrogens with two attached hydrogens (primary N) is 1. The summed E-state index contributed by atoms with van der Waals surface area (Å²) in [5.41, 5.74) is 5.93. The number of hydrogen-bond acceptors (Lipinski definition) is 2. The molecule has 1 saturated heterocycles. The Morgan fingerprint density at radius 1 is 1.36 bits per heavy atom. The van der Waals surface area contributed by atoms with E-state index in [1.54, 1.807) is 0 Å². The molecule has 2 unspecified atom stereocenters. The molecule has 2 atom stereocenters. The number of carbonyl (C=O) groups excluding carboxylic acids is 1. The lowest BCUT2D eigenvalue weighted by atomic mass is 9.83. The van der Waals surface area contributed by atoms with Crippen molar-refractivity contribution >= 4 is 5.91 Å². The molecule has 0 aromatic carbocycles. The molecule has 1 aliphatic carbocycles. The number of likely N-dealkylation sites (tertiary alicyclic amines) is 1. The first-order valence-corrected chi connectivity index (χ1v) is 5.73. The van der Waals surface area contributed by atoms with Gasteiger partial charge in [0.05, 0.1) is 0 Å². The summed E-state index contributed by atoms with van der Waals surface area (Å²) in [6, 6.07) is 0.292. The van der Waals surface area contributed by atoms with Crippen molar-refractivity contribution in [1.29, 1.82) is 0 Å². The molecule has 2 rings (SSSR count). The van der Waals surface area contributed by atoms with Crippen LogP contribution < -0.4 is 5.73 Å². The topological polar surface area (TPSA) is 46.3 Å². The Kier molecular flexibility index (Phi) is 2.77. The van der Waals surface area contributed by atoms with E-state index in [0.717, 1.165) is 32.4 Å². The van der Waals surface area contributed by atoms with Crippen molar-refractivity contribution in [2.24, 2.45) is 17.6 Å². The monoisotopic (exact) mass is 196 g/mol. The van der Waals surface area contributed by atoms with E-state index in [-0.39, 0.29) is 0 Å². The van der Waals surface area contributed by atoms with Crippen LogP contribution in [-0.2, 0) is 4.79 Å². The second kappa shape index (κ2) is 3.89. The van der Waals surface area contributed by atoms with E-state index in [0.29, 0.717) is 23.8 Å². The van der Waals surface area contributed by atoms with E-state index in [4.69, 9.17) is 5.73 Å². The van der Waals surface area contributed by atoms with Crippen LogP contribution in [0.25, 0.3) is 0 Å². The lowest BCUT2D eigenvalue weighted by molar-refractivity contribution is -0.140. The van der Waals surface area contributed by atoms with Gasteiger partial charge in [0, 0.05) is 25.0 Å². The normalized spacial score (nSPS) is 34.0. The fraction of sp³-hybridized carbons (Fsp3) is 0.909. The molecule has 3 heteroatoms. The van der Waals surface area contributed by atoms with Crippen LogP contribution in [0.3, 0.4) is 0 Å². The van der Waals surface area contributed by atoms with Gasteiger partial charge in [0.2, 0.25) is 5.91 Å². The van der Waals surface area contributed by atoms with Gasteiger partial charge in [-0.3, -0.25) is 4.79 Å². The molecular formula is C11H20N2O. The maximum absolute atomic E-state index is 11.9. The highest BCUT2D eigenvalue weighted by atomic mass is 16.2. The Hall–Kier alpha value is -0.570. The second-order valence-corrected chi connectivity index (χ2v) is 4.84. The summed E-state index contributed by atoms with van der Waals surface area (Å²) in [5.74, 6) is 1.19. The molecule has 2 N–H and O–H groups in total. The van der Waals surface area contributed by atoms with Crippen LogP contribution in [0, 0.1) is 11.8 Å². The molecule has 1 saturated carbocycles. The van der Waals surface area contributed by atoms with Gasteiger partial charge in [0.1, 0.15) is 0 Å². The molecule has 2 fully saturated rings. The Labute approximate surface area is 85.6 Å². The van der Waals surface area contributed by atoms with Crippen molar-refractivity contribution in [2.75, 3.05) is 13.1 Å². The van der Waals surface area contributed by atoms with E-state index in [9.17, 15) is 4.79 Å². The van der Waals surface area contributed by atoms with Crippen molar-refractivity contribution in [3.8, 4) is 0 Å². The third-order valence-electron chi connectivity index (χ3n) is 3.74. The highest BCUT2D eigenvalue weighted by molar-refractivity contribution is 5.79. The summed E-state index contributed by atoms with van der Waals surface area (Å²) < 4.78 is 0. The zero-order chi connectivity index (χ0) is 10.1. The summed E-state index contributed by atoms with van der Waals surface area (Å²) in [5, 5.41) is 0. The van der Waals surface area contributed by atoms with Crippen molar-refractivity contribution in [3.05, 3.63) is 0 Å². The van der Waals surface area contributed by atoms with Gasteiger partial charge in [0.15, 0.2) is 0 Å². The first-order chi connectivity index (χ1) is 6.68. The zero-order valence-electron chi connectivity index (χ0n) is 8.91. The standard InChI is InChI=1S/C11H20N2O/c1-8-7-13(6-5-10(8)12)11(14)9-3-2-4-9/h8-10H,2-7,12H2,1H3. The lowest BCUT2D eigenvalue weighted by Gasteiger charge is -2.38. The molecule has 3 nitrogen and oxygen atoms in total. The van der Waals surface area contributed by atoms with Crippen LogP contribution in [0.1, 0.15) is 32.6 Å². The molecule has 0 aromatic heterocycles. The van der Waals surface area contributed by atoms with Crippen LogP contribution in [0.5, 0.6) is 0 Å². The molecule has 1 amide bonds. The number of hydrogen-bond donors (Lipinski definition) is 1. The molecule has 80 valence electrons. The molecule has 0 radical (unpaired) electrons. The molecule has 0 bridgehead atoms. The van der Waals surface area contributed by atoms with Crippen LogP contribution in [0.4, 0.5) is 0 Å². The predicted octanol–water partition coefficient (Wildman–Crippen LogP) is 0.982. The Morgan fingerprint density at radius 3 is 2.57 bits per heavy atom. The minimum atomic E-state index is 0.292. The van der Waals surface area contributed by atoms with Gasteiger partial charge < -0.3 is 10.6 Å². The molecule has 1 heterocycles. The van der Waals surface area contributed by atoms with Crippen molar-refractivity contribution < 1.29 is 4.79 Å². The van der Waals surface area contributed by atoms with Crippen LogP contribution in [-0.4, -0.2) is 29.9 Å². The number of piperidine rings is 1. The lowest BCUT2D eigenvalue weighted by Crippen LogP contribution is -2.50. The van der Waals surface area contributed by atoms with Crippen LogP contribution in [0.15, 0.2) is 0 Å². The van der Waals surface area contributed by atoms with Crippen molar-refractivity contribution in [3.63, 3.8) is 0 Å². The van der Waals surface area contributed by atoms with E-state index >= 15 is 0 Å². The smallest absolute Gasteiger partial charge is 0.225 e. The van der Waals surface area contributed by atoms with E-state index < -0.39 is 0 Å². The second-order valence-electron chi connectivity index (χ2n) is 4.84. The third kappa shape index (κ3) is 1.78. The molecule has 2 aliphatic rings. The summed E-state index contributed by atoms with van der Waals surface area (Å²) >= 11 is 0. The summed E-state index contributed by atoms with van der Waals surface area (Å²) in [7, 11) is 0. The average molecular weight is 196 g/mol. The van der Waals surface area contributed by atoms with Gasteiger partial charge in [0.25, 0.3) is 0 Å². The van der Waals surface area contributed by atoms with E-state index in [1.807, 2.05) is 4.90 Å². The first-order valence-electron chi connectivity index (χ1n) is 5.73.